The zero-order chi connectivity index (χ0) is 13.5. The van der Waals surface area contributed by atoms with Gasteiger partial charge in [0.15, 0.2) is 6.10 Å². The van der Waals surface area contributed by atoms with Gasteiger partial charge in [-0.2, -0.15) is 0 Å². The number of nitrogens with zero attached hydrogens (tertiary/aromatic N) is 1. The van der Waals surface area contributed by atoms with Crippen molar-refractivity contribution in [1.29, 1.82) is 0 Å². The van der Waals surface area contributed by atoms with E-state index < -0.39 is 12.1 Å². The molecule has 0 spiro atoms. The molecule has 0 bridgehead atoms. The molecule has 1 amide bonds. The van der Waals surface area contributed by atoms with Gasteiger partial charge in [-0.1, -0.05) is 30.3 Å². The van der Waals surface area contributed by atoms with Crippen LogP contribution >= 0.6 is 0 Å². The molecule has 0 aromatic heterocycles. The summed E-state index contributed by atoms with van der Waals surface area (Å²) < 4.78 is 5.18. The first-order valence-electron chi connectivity index (χ1n) is 5.68. The van der Waals surface area contributed by atoms with Crippen molar-refractivity contribution < 1.29 is 19.4 Å². The van der Waals surface area contributed by atoms with Crippen LogP contribution in [0.1, 0.15) is 18.6 Å². The zero-order valence-electron chi connectivity index (χ0n) is 10.5. The predicted octanol–water partition coefficient (Wildman–Crippen LogP) is 1.31. The summed E-state index contributed by atoms with van der Waals surface area (Å²) in [6.07, 6.45) is -0.759. The second kappa shape index (κ2) is 6.76. The molecule has 0 fully saturated rings. The fourth-order valence-corrected chi connectivity index (χ4v) is 1.68. The molecule has 5 heteroatoms. The average Bonchev–Trinajstić information content (AvgIpc) is 2.37. The first-order valence-corrected chi connectivity index (χ1v) is 5.68. The van der Waals surface area contributed by atoms with E-state index in [1.165, 1.54) is 12.0 Å². The number of aliphatic carboxylic acids is 1. The molecule has 1 rings (SSSR count). The second-order valence-corrected chi connectivity index (χ2v) is 3.77. The third-order valence-electron chi connectivity index (χ3n) is 2.58. The molecule has 0 saturated heterocycles. The Morgan fingerprint density at radius 2 is 1.94 bits per heavy atom. The highest BCUT2D eigenvalue weighted by Gasteiger charge is 2.25. The van der Waals surface area contributed by atoms with Crippen molar-refractivity contribution in [3.05, 3.63) is 35.9 Å². The summed E-state index contributed by atoms with van der Waals surface area (Å²) >= 11 is 0. The number of carbonyl (C=O) groups is 2. The van der Waals surface area contributed by atoms with Crippen molar-refractivity contribution in [2.75, 3.05) is 20.2 Å². The number of amides is 1. The summed E-state index contributed by atoms with van der Waals surface area (Å²) in [5.41, 5.74) is 0.717. The number of ether oxygens (including phenoxy) is 1. The molecule has 0 radical (unpaired) electrons. The molecular formula is C13H17NO4. The second-order valence-electron chi connectivity index (χ2n) is 3.77. The Morgan fingerprint density at radius 1 is 1.33 bits per heavy atom. The summed E-state index contributed by atoms with van der Waals surface area (Å²) in [5.74, 6) is -1.37. The summed E-state index contributed by atoms with van der Waals surface area (Å²) in [4.78, 5) is 24.1. The summed E-state index contributed by atoms with van der Waals surface area (Å²) in [7, 11) is 1.43. The Labute approximate surface area is 106 Å². The highest BCUT2D eigenvalue weighted by Crippen LogP contribution is 2.18. The molecule has 0 saturated carbocycles. The van der Waals surface area contributed by atoms with Crippen molar-refractivity contribution >= 4 is 11.9 Å². The van der Waals surface area contributed by atoms with Gasteiger partial charge in [0.25, 0.3) is 5.91 Å². The van der Waals surface area contributed by atoms with E-state index in [-0.39, 0.29) is 12.5 Å². The number of carboxylic acids is 1. The average molecular weight is 251 g/mol. The minimum absolute atomic E-state index is 0.317. The lowest BCUT2D eigenvalue weighted by Gasteiger charge is -2.24. The lowest BCUT2D eigenvalue weighted by atomic mass is 10.1. The van der Waals surface area contributed by atoms with Crippen LogP contribution in [-0.4, -0.2) is 42.1 Å². The largest absolute Gasteiger partial charge is 0.480 e. The van der Waals surface area contributed by atoms with Crippen molar-refractivity contribution in [3.8, 4) is 0 Å². The molecule has 5 nitrogen and oxygen atoms in total. The van der Waals surface area contributed by atoms with Crippen LogP contribution in [0.4, 0.5) is 0 Å². The van der Waals surface area contributed by atoms with Gasteiger partial charge in [0, 0.05) is 13.7 Å². The van der Waals surface area contributed by atoms with E-state index in [0.717, 1.165) is 0 Å². The number of carboxylic acid groups (broad SMARTS) is 1. The Hall–Kier alpha value is -1.88. The van der Waals surface area contributed by atoms with Crippen molar-refractivity contribution in [2.45, 2.75) is 13.0 Å². The molecule has 0 heterocycles. The van der Waals surface area contributed by atoms with Gasteiger partial charge in [-0.15, -0.1) is 0 Å². The van der Waals surface area contributed by atoms with Crippen LogP contribution in [0.15, 0.2) is 30.3 Å². The highest BCUT2D eigenvalue weighted by atomic mass is 16.5. The molecule has 1 N–H and O–H groups in total. The predicted molar refractivity (Wildman–Crippen MR) is 66.1 cm³/mol. The summed E-state index contributed by atoms with van der Waals surface area (Å²) in [6, 6.07) is 9.01. The van der Waals surface area contributed by atoms with Crippen molar-refractivity contribution in [1.82, 2.24) is 4.90 Å². The van der Waals surface area contributed by atoms with Crippen LogP contribution < -0.4 is 0 Å². The van der Waals surface area contributed by atoms with Crippen LogP contribution in [0.5, 0.6) is 0 Å². The Balaban J connectivity index is 2.87. The number of benzene rings is 1. The van der Waals surface area contributed by atoms with Crippen LogP contribution in [0.3, 0.4) is 0 Å². The number of methoxy groups -OCH3 is 1. The molecule has 98 valence electrons. The quantitative estimate of drug-likeness (QED) is 0.827. The Kier molecular flexibility index (Phi) is 5.32. The molecule has 0 aliphatic heterocycles. The topological polar surface area (TPSA) is 66.8 Å². The smallest absolute Gasteiger partial charge is 0.323 e. The van der Waals surface area contributed by atoms with Crippen LogP contribution in [0.2, 0.25) is 0 Å². The third-order valence-corrected chi connectivity index (χ3v) is 2.58. The van der Waals surface area contributed by atoms with E-state index in [4.69, 9.17) is 9.84 Å². The molecule has 1 aromatic rings. The van der Waals surface area contributed by atoms with Crippen LogP contribution in [-0.2, 0) is 14.3 Å². The standard InChI is InChI=1S/C13H17NO4/c1-3-14(9-11(15)16)13(17)12(18-2)10-7-5-4-6-8-10/h4-8,12H,3,9H2,1-2H3,(H,15,16)/t12-/m0/s1. The molecule has 0 unspecified atom stereocenters. The Bertz CT molecular complexity index is 405. The first kappa shape index (κ1) is 14.2. The number of hydrogen-bond acceptors (Lipinski definition) is 3. The van der Waals surface area contributed by atoms with E-state index in [2.05, 4.69) is 0 Å². The van der Waals surface area contributed by atoms with Crippen molar-refractivity contribution in [3.63, 3.8) is 0 Å². The molecule has 1 atom stereocenters. The van der Waals surface area contributed by atoms with Crippen LogP contribution in [0.25, 0.3) is 0 Å². The van der Waals surface area contributed by atoms with Crippen molar-refractivity contribution in [2.24, 2.45) is 0 Å². The molecular weight excluding hydrogens is 234 g/mol. The van der Waals surface area contributed by atoms with Gasteiger partial charge >= 0.3 is 5.97 Å². The molecule has 0 aliphatic carbocycles. The van der Waals surface area contributed by atoms with Crippen LogP contribution in [0, 0.1) is 0 Å². The van der Waals surface area contributed by atoms with Gasteiger partial charge in [0.1, 0.15) is 6.54 Å². The zero-order valence-corrected chi connectivity index (χ0v) is 10.5. The minimum atomic E-state index is -1.03. The molecule has 1 aromatic carbocycles. The minimum Gasteiger partial charge on any atom is -0.480 e. The fourth-order valence-electron chi connectivity index (χ4n) is 1.68. The van der Waals surface area contributed by atoms with E-state index in [1.807, 2.05) is 18.2 Å². The number of hydrogen-bond donors (Lipinski definition) is 1. The van der Waals surface area contributed by atoms with Gasteiger partial charge in [0.05, 0.1) is 0 Å². The number of rotatable bonds is 6. The number of likely N-dealkylation sites (N-methyl/N-ethyl adjacent to an activating group) is 1. The van der Waals surface area contributed by atoms with Gasteiger partial charge < -0.3 is 14.7 Å². The van der Waals surface area contributed by atoms with E-state index in [0.29, 0.717) is 12.1 Å². The van der Waals surface area contributed by atoms with E-state index in [9.17, 15) is 9.59 Å². The number of carbonyl (C=O) groups excluding carboxylic acids is 1. The first-order chi connectivity index (χ1) is 8.60. The van der Waals surface area contributed by atoms with E-state index >= 15 is 0 Å². The van der Waals surface area contributed by atoms with Gasteiger partial charge in [0.2, 0.25) is 0 Å². The third kappa shape index (κ3) is 3.56. The maximum Gasteiger partial charge on any atom is 0.323 e. The monoisotopic (exact) mass is 251 g/mol. The lowest BCUT2D eigenvalue weighted by molar-refractivity contribution is -0.149. The SMILES string of the molecule is CCN(CC(=O)O)C(=O)[C@@H](OC)c1ccccc1. The lowest BCUT2D eigenvalue weighted by Crippen LogP contribution is -2.39. The summed E-state index contributed by atoms with van der Waals surface area (Å²) in [5, 5.41) is 8.75. The molecule has 18 heavy (non-hydrogen) atoms. The van der Waals surface area contributed by atoms with Gasteiger partial charge in [-0.25, -0.2) is 0 Å². The maximum absolute atomic E-state index is 12.2. The molecule has 0 aliphatic rings. The fraction of sp³-hybridized carbons (Fsp3) is 0.385. The Morgan fingerprint density at radius 3 is 2.39 bits per heavy atom. The van der Waals surface area contributed by atoms with Gasteiger partial charge in [-0.05, 0) is 12.5 Å². The maximum atomic E-state index is 12.2. The summed E-state index contributed by atoms with van der Waals surface area (Å²) in [6.45, 7) is 1.75. The highest BCUT2D eigenvalue weighted by molar-refractivity contribution is 5.85. The normalized spacial score (nSPS) is 11.9. The van der Waals surface area contributed by atoms with E-state index in [1.54, 1.807) is 19.1 Å². The van der Waals surface area contributed by atoms with Gasteiger partial charge in [-0.3, -0.25) is 9.59 Å².